The van der Waals surface area contributed by atoms with Gasteiger partial charge in [0.05, 0.1) is 24.0 Å². The molecule has 0 radical (unpaired) electrons. The Morgan fingerprint density at radius 1 is 1.09 bits per heavy atom. The molecule has 0 spiro atoms. The molecule has 4 rings (SSSR count). The molecule has 0 amide bonds. The van der Waals surface area contributed by atoms with Gasteiger partial charge in [-0.3, -0.25) is 0 Å². The van der Waals surface area contributed by atoms with E-state index in [0.29, 0.717) is 5.02 Å². The van der Waals surface area contributed by atoms with Crippen molar-refractivity contribution in [2.45, 2.75) is 52.5 Å². The number of halogens is 1. The first-order chi connectivity index (χ1) is 16.1. The molecular formula is C26H38ClN5O. The van der Waals surface area contributed by atoms with Crippen molar-refractivity contribution in [3.63, 3.8) is 0 Å². The van der Waals surface area contributed by atoms with E-state index in [9.17, 15) is 0 Å². The van der Waals surface area contributed by atoms with E-state index in [1.165, 1.54) is 42.4 Å². The van der Waals surface area contributed by atoms with Crippen LogP contribution in [0.25, 0.3) is 0 Å². The van der Waals surface area contributed by atoms with Gasteiger partial charge in [0.25, 0.3) is 0 Å². The summed E-state index contributed by atoms with van der Waals surface area (Å²) in [5, 5.41) is 7.68. The fourth-order valence-corrected chi connectivity index (χ4v) is 5.16. The number of nitrogens with one attached hydrogen (secondary N) is 2. The van der Waals surface area contributed by atoms with E-state index >= 15 is 0 Å². The predicted octanol–water partition coefficient (Wildman–Crippen LogP) is 4.52. The molecule has 2 fully saturated rings. The molecule has 2 saturated heterocycles. The molecule has 0 bridgehead atoms. The summed E-state index contributed by atoms with van der Waals surface area (Å²) >= 11 is 5.90. The fraction of sp³-hybridized carbons (Fsp3) is 0.615. The van der Waals surface area contributed by atoms with Crippen molar-refractivity contribution in [3.8, 4) is 5.75 Å². The summed E-state index contributed by atoms with van der Waals surface area (Å²) in [6, 6.07) is 4.40. The molecule has 180 valence electrons. The predicted molar refractivity (Wildman–Crippen MR) is 135 cm³/mol. The van der Waals surface area contributed by atoms with Crippen LogP contribution >= 0.6 is 11.6 Å². The quantitative estimate of drug-likeness (QED) is 0.497. The van der Waals surface area contributed by atoms with Crippen molar-refractivity contribution < 1.29 is 4.74 Å². The first kappa shape index (κ1) is 24.2. The number of hydrogen-bond acceptors (Lipinski definition) is 6. The van der Waals surface area contributed by atoms with E-state index < -0.39 is 0 Å². The summed E-state index contributed by atoms with van der Waals surface area (Å²) in [4.78, 5) is 11.0. The van der Waals surface area contributed by atoms with Crippen molar-refractivity contribution in [2.75, 3.05) is 44.2 Å². The molecule has 2 aromatic rings. The van der Waals surface area contributed by atoms with Gasteiger partial charge < -0.3 is 20.3 Å². The minimum Gasteiger partial charge on any atom is -0.494 e. The van der Waals surface area contributed by atoms with E-state index in [4.69, 9.17) is 16.3 Å². The topological polar surface area (TPSA) is 62.3 Å². The molecule has 33 heavy (non-hydrogen) atoms. The zero-order chi connectivity index (χ0) is 23.0. The largest absolute Gasteiger partial charge is 0.494 e. The molecular weight excluding hydrogens is 434 g/mol. The highest BCUT2D eigenvalue weighted by atomic mass is 35.5. The Morgan fingerprint density at radius 3 is 2.48 bits per heavy atom. The summed E-state index contributed by atoms with van der Waals surface area (Å²) in [6.07, 6.45) is 9.31. The van der Waals surface area contributed by atoms with Crippen LogP contribution in [0.5, 0.6) is 5.75 Å². The van der Waals surface area contributed by atoms with E-state index in [0.717, 1.165) is 75.8 Å². The maximum Gasteiger partial charge on any atom is 0.225 e. The molecule has 2 aliphatic rings. The Bertz CT molecular complexity index is 854. The highest BCUT2D eigenvalue weighted by Crippen LogP contribution is 2.26. The van der Waals surface area contributed by atoms with Crippen LogP contribution in [0.1, 0.15) is 48.8 Å². The number of aryl methyl sites for hydroxylation is 2. The molecule has 1 aromatic heterocycles. The number of rotatable bonds is 10. The first-order valence-electron chi connectivity index (χ1n) is 12.5. The Balaban J connectivity index is 1.15. The Morgan fingerprint density at radius 2 is 1.82 bits per heavy atom. The van der Waals surface area contributed by atoms with Crippen LogP contribution < -0.4 is 20.3 Å². The lowest BCUT2D eigenvalue weighted by Gasteiger charge is -2.32. The van der Waals surface area contributed by atoms with Gasteiger partial charge in [-0.1, -0.05) is 11.6 Å². The van der Waals surface area contributed by atoms with Gasteiger partial charge in [-0.15, -0.1) is 0 Å². The third kappa shape index (κ3) is 7.05. The maximum atomic E-state index is 6.13. The maximum absolute atomic E-state index is 6.13. The minimum atomic E-state index is 0.586. The van der Waals surface area contributed by atoms with Crippen LogP contribution in [-0.2, 0) is 6.54 Å². The van der Waals surface area contributed by atoms with Gasteiger partial charge in [0.1, 0.15) is 5.75 Å². The van der Waals surface area contributed by atoms with Crippen LogP contribution in [0.15, 0.2) is 24.5 Å². The van der Waals surface area contributed by atoms with Crippen LogP contribution in [0.2, 0.25) is 5.02 Å². The minimum absolute atomic E-state index is 0.586. The standard InChI is InChI=1S/C26H38ClN5O/c1-19-12-24(13-20(2)25(19)18-29-15-22-5-8-28-14-22)33-11-3-4-21-6-9-32(10-7-21)26-30-16-23(27)17-31-26/h12-13,16-17,21-22,28-29H,3-11,14-15,18H2,1-2H3. The third-order valence-electron chi connectivity index (χ3n) is 7.10. The summed E-state index contributed by atoms with van der Waals surface area (Å²) in [5.74, 6) is 3.32. The van der Waals surface area contributed by atoms with Crippen molar-refractivity contribution in [1.82, 2.24) is 20.6 Å². The molecule has 3 heterocycles. The number of piperidine rings is 1. The summed E-state index contributed by atoms with van der Waals surface area (Å²) in [7, 11) is 0. The Labute approximate surface area is 203 Å². The van der Waals surface area contributed by atoms with Gasteiger partial charge >= 0.3 is 0 Å². The highest BCUT2D eigenvalue weighted by molar-refractivity contribution is 6.30. The van der Waals surface area contributed by atoms with Gasteiger partial charge in [-0.2, -0.15) is 0 Å². The van der Waals surface area contributed by atoms with Gasteiger partial charge in [0.2, 0.25) is 5.95 Å². The SMILES string of the molecule is Cc1cc(OCCCC2CCN(c3ncc(Cl)cn3)CC2)cc(C)c1CNCC1CCNC1. The molecule has 1 unspecified atom stereocenters. The summed E-state index contributed by atoms with van der Waals surface area (Å²) in [6.45, 7) is 11.5. The average Bonchev–Trinajstić information content (AvgIpc) is 3.33. The third-order valence-corrected chi connectivity index (χ3v) is 7.29. The Hall–Kier alpha value is -1.89. The van der Waals surface area contributed by atoms with Crippen LogP contribution in [-0.4, -0.2) is 49.3 Å². The smallest absolute Gasteiger partial charge is 0.225 e. The number of anilines is 1. The number of hydrogen-bond donors (Lipinski definition) is 2. The lowest BCUT2D eigenvalue weighted by molar-refractivity contribution is 0.278. The zero-order valence-corrected chi connectivity index (χ0v) is 20.8. The van der Waals surface area contributed by atoms with Crippen molar-refractivity contribution in [1.29, 1.82) is 0 Å². The summed E-state index contributed by atoms with van der Waals surface area (Å²) in [5.41, 5.74) is 4.04. The van der Waals surface area contributed by atoms with Crippen LogP contribution in [0, 0.1) is 25.7 Å². The van der Waals surface area contributed by atoms with Crippen molar-refractivity contribution >= 4 is 17.5 Å². The van der Waals surface area contributed by atoms with Gasteiger partial charge in [0, 0.05) is 19.6 Å². The second-order valence-corrected chi connectivity index (χ2v) is 10.1. The zero-order valence-electron chi connectivity index (χ0n) is 20.1. The monoisotopic (exact) mass is 471 g/mol. The van der Waals surface area contributed by atoms with E-state index in [-0.39, 0.29) is 0 Å². The number of benzene rings is 1. The lowest BCUT2D eigenvalue weighted by Crippen LogP contribution is -2.34. The second kappa shape index (κ2) is 12.0. The average molecular weight is 472 g/mol. The van der Waals surface area contributed by atoms with Gasteiger partial charge in [-0.05, 0) is 106 Å². The highest BCUT2D eigenvalue weighted by Gasteiger charge is 2.20. The van der Waals surface area contributed by atoms with Gasteiger partial charge in [0.15, 0.2) is 0 Å². The van der Waals surface area contributed by atoms with Crippen molar-refractivity contribution in [3.05, 3.63) is 46.2 Å². The number of nitrogens with zero attached hydrogens (tertiary/aromatic N) is 3. The first-order valence-corrected chi connectivity index (χ1v) is 12.8. The van der Waals surface area contributed by atoms with E-state index in [1.807, 2.05) is 0 Å². The van der Waals surface area contributed by atoms with Crippen molar-refractivity contribution in [2.24, 2.45) is 11.8 Å². The number of aromatic nitrogens is 2. The Kier molecular flexibility index (Phi) is 8.82. The lowest BCUT2D eigenvalue weighted by atomic mass is 9.92. The van der Waals surface area contributed by atoms with Gasteiger partial charge in [-0.25, -0.2) is 9.97 Å². The molecule has 6 nitrogen and oxygen atoms in total. The van der Waals surface area contributed by atoms with E-state index in [1.54, 1.807) is 12.4 Å². The fourth-order valence-electron chi connectivity index (χ4n) is 5.06. The number of ether oxygens (including phenoxy) is 1. The molecule has 2 aliphatic heterocycles. The second-order valence-electron chi connectivity index (χ2n) is 9.65. The van der Waals surface area contributed by atoms with Crippen LogP contribution in [0.3, 0.4) is 0 Å². The van der Waals surface area contributed by atoms with Crippen LogP contribution in [0.4, 0.5) is 5.95 Å². The normalized spacial score (nSPS) is 19.2. The molecule has 7 heteroatoms. The molecule has 1 atom stereocenters. The summed E-state index contributed by atoms with van der Waals surface area (Å²) < 4.78 is 6.13. The molecule has 2 N–H and O–H groups in total. The molecule has 1 aromatic carbocycles. The molecule has 0 aliphatic carbocycles. The van der Waals surface area contributed by atoms with E-state index in [2.05, 4.69) is 51.5 Å². The molecule has 0 saturated carbocycles.